The molecule has 1 aromatic carbocycles. The van der Waals surface area contributed by atoms with E-state index >= 15 is 0 Å². The lowest BCUT2D eigenvalue weighted by atomic mass is 9.62. The lowest BCUT2D eigenvalue weighted by Gasteiger charge is -2.45. The molecule has 2 aliphatic carbocycles. The van der Waals surface area contributed by atoms with Gasteiger partial charge in [0.25, 0.3) is 0 Å². The first-order chi connectivity index (χ1) is 10.2. The van der Waals surface area contributed by atoms with E-state index in [0.717, 1.165) is 18.8 Å². The van der Waals surface area contributed by atoms with Crippen LogP contribution in [0.15, 0.2) is 30.3 Å². The molecule has 1 atom stereocenters. The molecule has 2 aliphatic rings. The number of benzene rings is 1. The molecule has 1 aromatic rings. The van der Waals surface area contributed by atoms with Gasteiger partial charge < -0.3 is 5.32 Å². The van der Waals surface area contributed by atoms with Gasteiger partial charge in [-0.15, -0.1) is 0 Å². The molecule has 21 heavy (non-hydrogen) atoms. The Bertz CT molecular complexity index is 490. The predicted molar refractivity (Wildman–Crippen MR) is 85.9 cm³/mol. The second kappa shape index (κ2) is 6.20. The molecule has 2 fully saturated rings. The summed E-state index contributed by atoms with van der Waals surface area (Å²) in [4.78, 5) is 0. The summed E-state index contributed by atoms with van der Waals surface area (Å²) in [5.74, 6) is 0.840. The van der Waals surface area contributed by atoms with Crippen LogP contribution in [0, 0.1) is 17.2 Å². The third-order valence-corrected chi connectivity index (χ3v) is 5.59. The van der Waals surface area contributed by atoms with Crippen molar-refractivity contribution in [2.75, 3.05) is 0 Å². The Labute approximate surface area is 128 Å². The molecule has 3 rings (SSSR count). The minimum absolute atomic E-state index is 0.245. The van der Waals surface area contributed by atoms with Crippen molar-refractivity contribution in [3.05, 3.63) is 35.9 Å². The van der Waals surface area contributed by atoms with E-state index in [1.54, 1.807) is 0 Å². The molecule has 0 aliphatic heterocycles. The molecule has 0 spiro atoms. The highest BCUT2D eigenvalue weighted by molar-refractivity contribution is 5.36. The lowest BCUT2D eigenvalue weighted by Crippen LogP contribution is -2.54. The molecule has 2 nitrogen and oxygen atoms in total. The first-order valence-corrected chi connectivity index (χ1v) is 8.46. The standard InChI is InChI=1S/C19H26N2/c1-15(16-8-4-2-5-9-16)21-18-12-19(13-18,14-20)17-10-6-3-7-11-17/h3,6-7,10-11,15-16,18,21H,2,4-5,8-9,12-13H2,1H3/t15-,18?,19?/m0/s1. The molecule has 2 heteroatoms. The normalized spacial score (nSPS) is 31.1. The molecule has 2 saturated carbocycles. The Morgan fingerprint density at radius 1 is 1.14 bits per heavy atom. The minimum Gasteiger partial charge on any atom is -0.311 e. The van der Waals surface area contributed by atoms with Gasteiger partial charge in [0.15, 0.2) is 0 Å². The van der Waals surface area contributed by atoms with E-state index < -0.39 is 0 Å². The monoisotopic (exact) mass is 282 g/mol. The summed E-state index contributed by atoms with van der Waals surface area (Å²) < 4.78 is 0. The van der Waals surface area contributed by atoms with Crippen LogP contribution >= 0.6 is 0 Å². The van der Waals surface area contributed by atoms with Crippen molar-refractivity contribution in [2.24, 2.45) is 5.92 Å². The quantitative estimate of drug-likeness (QED) is 0.899. The number of nitrogens with zero attached hydrogens (tertiary/aromatic N) is 1. The number of nitriles is 1. The number of nitrogens with one attached hydrogen (secondary N) is 1. The number of hydrogen-bond acceptors (Lipinski definition) is 2. The van der Waals surface area contributed by atoms with E-state index in [-0.39, 0.29) is 5.41 Å². The van der Waals surface area contributed by atoms with E-state index in [2.05, 4.69) is 30.4 Å². The van der Waals surface area contributed by atoms with Crippen molar-refractivity contribution >= 4 is 0 Å². The second-order valence-corrected chi connectivity index (χ2v) is 7.02. The van der Waals surface area contributed by atoms with Gasteiger partial charge in [-0.2, -0.15) is 5.26 Å². The lowest BCUT2D eigenvalue weighted by molar-refractivity contribution is 0.178. The van der Waals surface area contributed by atoms with Crippen LogP contribution in [0.5, 0.6) is 0 Å². The van der Waals surface area contributed by atoms with Crippen LogP contribution in [-0.2, 0) is 5.41 Å². The molecule has 0 heterocycles. The molecular formula is C19H26N2. The van der Waals surface area contributed by atoms with E-state index in [1.165, 1.54) is 37.7 Å². The van der Waals surface area contributed by atoms with Crippen molar-refractivity contribution < 1.29 is 0 Å². The zero-order valence-corrected chi connectivity index (χ0v) is 13.0. The average Bonchev–Trinajstić information content (AvgIpc) is 2.52. The molecule has 0 bridgehead atoms. The largest absolute Gasteiger partial charge is 0.311 e. The van der Waals surface area contributed by atoms with E-state index in [4.69, 9.17) is 0 Å². The van der Waals surface area contributed by atoms with Gasteiger partial charge in [0.05, 0.1) is 11.5 Å². The Morgan fingerprint density at radius 3 is 2.43 bits per heavy atom. The molecule has 0 saturated heterocycles. The molecule has 0 aromatic heterocycles. The maximum atomic E-state index is 9.61. The Morgan fingerprint density at radius 2 is 1.81 bits per heavy atom. The van der Waals surface area contributed by atoms with Crippen LogP contribution in [0.3, 0.4) is 0 Å². The van der Waals surface area contributed by atoms with Gasteiger partial charge >= 0.3 is 0 Å². The van der Waals surface area contributed by atoms with Crippen molar-refractivity contribution in [2.45, 2.75) is 69.4 Å². The Balaban J connectivity index is 1.56. The third-order valence-electron chi connectivity index (χ3n) is 5.59. The topological polar surface area (TPSA) is 35.8 Å². The summed E-state index contributed by atoms with van der Waals surface area (Å²) in [5.41, 5.74) is 0.946. The second-order valence-electron chi connectivity index (χ2n) is 7.02. The number of hydrogen-bond donors (Lipinski definition) is 1. The van der Waals surface area contributed by atoms with Crippen molar-refractivity contribution in [1.82, 2.24) is 5.32 Å². The fourth-order valence-electron chi connectivity index (χ4n) is 4.19. The van der Waals surface area contributed by atoms with Crippen LogP contribution < -0.4 is 5.32 Å². The Hall–Kier alpha value is -1.33. The summed E-state index contributed by atoms with van der Waals surface area (Å²) in [5, 5.41) is 13.4. The van der Waals surface area contributed by atoms with E-state index in [9.17, 15) is 5.26 Å². The highest BCUT2D eigenvalue weighted by Crippen LogP contribution is 2.43. The van der Waals surface area contributed by atoms with Crippen LogP contribution in [0.2, 0.25) is 0 Å². The van der Waals surface area contributed by atoms with Crippen LogP contribution in [0.25, 0.3) is 0 Å². The molecule has 0 unspecified atom stereocenters. The van der Waals surface area contributed by atoms with E-state index in [0.29, 0.717) is 12.1 Å². The first-order valence-electron chi connectivity index (χ1n) is 8.46. The summed E-state index contributed by atoms with van der Waals surface area (Å²) in [6.07, 6.45) is 8.89. The van der Waals surface area contributed by atoms with Crippen LogP contribution in [-0.4, -0.2) is 12.1 Å². The van der Waals surface area contributed by atoms with Crippen molar-refractivity contribution in [3.8, 4) is 6.07 Å². The number of rotatable bonds is 4. The van der Waals surface area contributed by atoms with Crippen LogP contribution in [0.1, 0.15) is 57.4 Å². The minimum atomic E-state index is -0.245. The zero-order chi connectivity index (χ0) is 14.7. The summed E-state index contributed by atoms with van der Waals surface area (Å²) in [6.45, 7) is 2.34. The Kier molecular flexibility index (Phi) is 4.31. The highest BCUT2D eigenvalue weighted by atomic mass is 15.0. The fourth-order valence-corrected chi connectivity index (χ4v) is 4.19. The van der Waals surface area contributed by atoms with Gasteiger partial charge in [-0.25, -0.2) is 0 Å². The van der Waals surface area contributed by atoms with Gasteiger partial charge in [0.2, 0.25) is 0 Å². The van der Waals surface area contributed by atoms with Gasteiger partial charge in [0.1, 0.15) is 0 Å². The highest BCUT2D eigenvalue weighted by Gasteiger charge is 2.46. The summed E-state index contributed by atoms with van der Waals surface area (Å²) in [6, 6.07) is 14.0. The molecule has 1 N–H and O–H groups in total. The zero-order valence-electron chi connectivity index (χ0n) is 13.0. The average molecular weight is 282 g/mol. The maximum absolute atomic E-state index is 9.61. The molecule has 112 valence electrons. The van der Waals surface area contributed by atoms with Crippen LogP contribution in [0.4, 0.5) is 0 Å². The van der Waals surface area contributed by atoms with Gasteiger partial charge in [-0.05, 0) is 44.1 Å². The smallest absolute Gasteiger partial charge is 0.0852 e. The SMILES string of the molecule is C[C@H](NC1CC(C#N)(c2ccccc2)C1)C1CCCCC1. The molecular weight excluding hydrogens is 256 g/mol. The molecule has 0 amide bonds. The van der Waals surface area contributed by atoms with Gasteiger partial charge in [0, 0.05) is 12.1 Å². The van der Waals surface area contributed by atoms with Crippen molar-refractivity contribution in [1.29, 1.82) is 5.26 Å². The first kappa shape index (κ1) is 14.6. The summed E-state index contributed by atoms with van der Waals surface area (Å²) in [7, 11) is 0. The van der Waals surface area contributed by atoms with Gasteiger partial charge in [-0.3, -0.25) is 0 Å². The fraction of sp³-hybridized carbons (Fsp3) is 0.632. The van der Waals surface area contributed by atoms with Gasteiger partial charge in [-0.1, -0.05) is 49.6 Å². The maximum Gasteiger partial charge on any atom is 0.0852 e. The third kappa shape index (κ3) is 2.99. The summed E-state index contributed by atoms with van der Waals surface area (Å²) >= 11 is 0. The van der Waals surface area contributed by atoms with Crippen molar-refractivity contribution in [3.63, 3.8) is 0 Å². The predicted octanol–water partition coefficient (Wildman–Crippen LogP) is 4.17. The van der Waals surface area contributed by atoms with E-state index in [1.807, 2.05) is 18.2 Å². The molecule has 0 radical (unpaired) electrons.